The Hall–Kier alpha value is -0.780. The maximum Gasteiger partial charge on any atom is 0.233 e. The zero-order valence-corrected chi connectivity index (χ0v) is 17.5. The third kappa shape index (κ3) is 6.10. The van der Waals surface area contributed by atoms with E-state index >= 15 is 0 Å². The molecule has 0 radical (unpaired) electrons. The molecule has 2 aliphatic rings. The highest BCUT2D eigenvalue weighted by atomic mass is 32.3. The summed E-state index contributed by atoms with van der Waals surface area (Å²) in [5.74, 6) is 0. The first kappa shape index (κ1) is 22.5. The van der Waals surface area contributed by atoms with Crippen molar-refractivity contribution < 1.29 is 26.3 Å². The molecule has 0 amide bonds. The van der Waals surface area contributed by atoms with Gasteiger partial charge in [-0.15, -0.1) is 13.2 Å². The van der Waals surface area contributed by atoms with Crippen molar-refractivity contribution in [1.29, 1.82) is 0 Å². The summed E-state index contributed by atoms with van der Waals surface area (Å²) in [6.45, 7) is 10.4. The smallest absolute Gasteiger partial charge is 0.233 e. The lowest BCUT2D eigenvalue weighted by molar-refractivity contribution is 0.340. The second kappa shape index (κ2) is 9.62. The number of ether oxygens (including phenoxy) is 2. The SMILES string of the molecule is C=CCN(CC1CO1)S(=O)(=O)C(CCCC)S(=O)(=O)N(CC=C)CC1CO1. The Kier molecular flexibility index (Phi) is 8.02. The van der Waals surface area contributed by atoms with Gasteiger partial charge in [0.1, 0.15) is 0 Å². The molecule has 27 heavy (non-hydrogen) atoms. The molecule has 0 aromatic rings. The minimum atomic E-state index is -4.11. The average Bonchev–Trinajstić information content (AvgIpc) is 3.49. The van der Waals surface area contributed by atoms with Crippen LogP contribution in [0.2, 0.25) is 0 Å². The highest BCUT2D eigenvalue weighted by molar-refractivity contribution is 8.07. The number of hydrogen-bond acceptors (Lipinski definition) is 6. The van der Waals surface area contributed by atoms with E-state index in [2.05, 4.69) is 13.2 Å². The summed E-state index contributed by atoms with van der Waals surface area (Å²) in [7, 11) is -8.22. The van der Waals surface area contributed by atoms with Crippen LogP contribution in [0, 0.1) is 0 Å². The monoisotopic (exact) mass is 422 g/mol. The molecule has 2 aliphatic heterocycles. The van der Waals surface area contributed by atoms with Crippen LogP contribution in [0.25, 0.3) is 0 Å². The number of nitrogens with zero attached hydrogens (tertiary/aromatic N) is 2. The Balaban J connectivity index is 2.33. The van der Waals surface area contributed by atoms with Crippen molar-refractivity contribution in [2.45, 2.75) is 43.0 Å². The van der Waals surface area contributed by atoms with Gasteiger partial charge in [0.2, 0.25) is 20.0 Å². The molecule has 2 atom stereocenters. The van der Waals surface area contributed by atoms with Crippen molar-refractivity contribution in [3.8, 4) is 0 Å². The van der Waals surface area contributed by atoms with Gasteiger partial charge in [-0.05, 0) is 6.42 Å². The van der Waals surface area contributed by atoms with E-state index in [1.165, 1.54) is 20.8 Å². The molecular formula is C17H30N2O6S2. The van der Waals surface area contributed by atoms with Gasteiger partial charge in [0.25, 0.3) is 0 Å². The van der Waals surface area contributed by atoms with Crippen LogP contribution in [-0.4, -0.2) is 81.6 Å². The summed E-state index contributed by atoms with van der Waals surface area (Å²) >= 11 is 0. The summed E-state index contributed by atoms with van der Waals surface area (Å²) < 4.78 is 64.3. The molecule has 0 aromatic carbocycles. The Morgan fingerprint density at radius 1 is 0.963 bits per heavy atom. The van der Waals surface area contributed by atoms with Crippen LogP contribution in [0.4, 0.5) is 0 Å². The first-order valence-corrected chi connectivity index (χ1v) is 12.2. The zero-order valence-electron chi connectivity index (χ0n) is 15.8. The minimum absolute atomic E-state index is 0.0412. The lowest BCUT2D eigenvalue weighted by atomic mass is 10.3. The molecule has 0 aromatic heterocycles. The van der Waals surface area contributed by atoms with Crippen molar-refractivity contribution in [2.24, 2.45) is 0 Å². The predicted molar refractivity (Wildman–Crippen MR) is 104 cm³/mol. The zero-order chi connectivity index (χ0) is 20.1. The highest BCUT2D eigenvalue weighted by Gasteiger charge is 2.46. The van der Waals surface area contributed by atoms with E-state index in [0.29, 0.717) is 26.1 Å². The quantitative estimate of drug-likeness (QED) is 0.288. The molecule has 2 rings (SSSR count). The van der Waals surface area contributed by atoms with Crippen molar-refractivity contribution in [3.05, 3.63) is 25.3 Å². The molecule has 10 heteroatoms. The summed E-state index contributed by atoms with van der Waals surface area (Å²) in [4.78, 5) is 0. The fraction of sp³-hybridized carbons (Fsp3) is 0.765. The largest absolute Gasteiger partial charge is 0.372 e. The highest BCUT2D eigenvalue weighted by Crippen LogP contribution is 2.27. The van der Waals surface area contributed by atoms with Gasteiger partial charge in [-0.2, -0.15) is 8.61 Å². The molecule has 0 saturated carbocycles. The van der Waals surface area contributed by atoms with Crippen molar-refractivity contribution in [3.63, 3.8) is 0 Å². The molecule has 8 nitrogen and oxygen atoms in total. The molecular weight excluding hydrogens is 392 g/mol. The molecule has 0 bridgehead atoms. The summed E-state index contributed by atoms with van der Waals surface area (Å²) in [5, 5.41) is 0. The van der Waals surface area contributed by atoms with Crippen LogP contribution in [0.15, 0.2) is 25.3 Å². The van der Waals surface area contributed by atoms with Crippen LogP contribution < -0.4 is 0 Å². The van der Waals surface area contributed by atoms with Crippen LogP contribution in [0.3, 0.4) is 0 Å². The van der Waals surface area contributed by atoms with E-state index in [9.17, 15) is 16.8 Å². The van der Waals surface area contributed by atoms with Crippen molar-refractivity contribution in [2.75, 3.05) is 39.4 Å². The van der Waals surface area contributed by atoms with E-state index in [1.807, 2.05) is 6.92 Å². The minimum Gasteiger partial charge on any atom is -0.372 e. The van der Waals surface area contributed by atoms with Gasteiger partial charge in [0.15, 0.2) is 4.58 Å². The molecule has 156 valence electrons. The van der Waals surface area contributed by atoms with Gasteiger partial charge >= 0.3 is 0 Å². The number of unbranched alkanes of at least 4 members (excludes halogenated alkanes) is 1. The maximum atomic E-state index is 13.3. The second-order valence-electron chi connectivity index (χ2n) is 6.78. The topological polar surface area (TPSA) is 99.8 Å². The number of epoxide rings is 2. The molecule has 2 saturated heterocycles. The normalized spacial score (nSPS) is 23.4. The van der Waals surface area contributed by atoms with Crippen LogP contribution in [0.5, 0.6) is 0 Å². The first-order valence-electron chi connectivity index (χ1n) is 9.20. The molecule has 0 N–H and O–H groups in total. The van der Waals surface area contributed by atoms with Gasteiger partial charge in [-0.25, -0.2) is 16.8 Å². The Bertz CT molecular complexity index is 656. The van der Waals surface area contributed by atoms with Crippen LogP contribution in [-0.2, 0) is 29.5 Å². The number of hydrogen-bond donors (Lipinski definition) is 0. The van der Waals surface area contributed by atoms with Gasteiger partial charge in [0.05, 0.1) is 25.4 Å². The molecule has 2 unspecified atom stereocenters. The lowest BCUT2D eigenvalue weighted by Crippen LogP contribution is -2.50. The van der Waals surface area contributed by atoms with E-state index in [4.69, 9.17) is 9.47 Å². The predicted octanol–water partition coefficient (Wildman–Crippen LogP) is 0.936. The Morgan fingerprint density at radius 3 is 1.67 bits per heavy atom. The summed E-state index contributed by atoms with van der Waals surface area (Å²) in [6.07, 6.45) is 3.79. The third-order valence-corrected chi connectivity index (χ3v) is 9.76. The third-order valence-electron chi connectivity index (χ3n) is 4.46. The fourth-order valence-electron chi connectivity index (χ4n) is 2.81. The van der Waals surface area contributed by atoms with E-state index in [0.717, 1.165) is 0 Å². The molecule has 2 fully saturated rings. The van der Waals surface area contributed by atoms with Crippen LogP contribution >= 0.6 is 0 Å². The van der Waals surface area contributed by atoms with Gasteiger partial charge in [-0.1, -0.05) is 31.9 Å². The molecule has 0 aliphatic carbocycles. The maximum absolute atomic E-state index is 13.3. The van der Waals surface area contributed by atoms with Crippen molar-refractivity contribution >= 4 is 20.0 Å². The van der Waals surface area contributed by atoms with Gasteiger partial charge in [0, 0.05) is 26.2 Å². The van der Waals surface area contributed by atoms with E-state index < -0.39 is 24.6 Å². The fourth-order valence-corrected chi connectivity index (χ4v) is 7.74. The summed E-state index contributed by atoms with van der Waals surface area (Å²) in [5.41, 5.74) is 0. The van der Waals surface area contributed by atoms with Crippen LogP contribution in [0.1, 0.15) is 26.2 Å². The van der Waals surface area contributed by atoms with E-state index in [-0.39, 0.29) is 44.8 Å². The number of sulfonamides is 2. The molecule has 2 heterocycles. The summed E-state index contributed by atoms with van der Waals surface area (Å²) in [6, 6.07) is 0. The standard InChI is InChI=1S/C17H30N2O6S2/c1-4-7-8-17(26(20,21)18(9-5-2)11-15-13-24-15)27(22,23)19(10-6-3)12-16-14-25-16/h5-6,15-17H,2-4,7-14H2,1H3. The number of rotatable bonds is 15. The Labute approximate surface area is 162 Å². The second-order valence-corrected chi connectivity index (χ2v) is 11.3. The Morgan fingerprint density at radius 2 is 1.37 bits per heavy atom. The lowest BCUT2D eigenvalue weighted by Gasteiger charge is -2.30. The first-order chi connectivity index (χ1) is 12.8. The van der Waals surface area contributed by atoms with Gasteiger partial charge < -0.3 is 9.47 Å². The van der Waals surface area contributed by atoms with Crippen molar-refractivity contribution in [1.82, 2.24) is 8.61 Å². The van der Waals surface area contributed by atoms with E-state index in [1.54, 1.807) is 0 Å². The average molecular weight is 423 g/mol. The van der Waals surface area contributed by atoms with Gasteiger partial charge in [-0.3, -0.25) is 0 Å². The molecule has 0 spiro atoms.